The van der Waals surface area contributed by atoms with Gasteiger partial charge in [0, 0.05) is 18.3 Å². The maximum Gasteiger partial charge on any atom is 0.407 e. The molecule has 0 bridgehead atoms. The summed E-state index contributed by atoms with van der Waals surface area (Å²) >= 11 is 0. The number of carboxylic acids is 1. The zero-order chi connectivity index (χ0) is 40.4. The number of carbonyl (C=O) groups is 7. The number of ketones is 3. The second kappa shape index (κ2) is 18.6. The van der Waals surface area contributed by atoms with Crippen LogP contribution in [0.5, 0.6) is 0 Å². The predicted octanol–water partition coefficient (Wildman–Crippen LogP) is 5.96. The summed E-state index contributed by atoms with van der Waals surface area (Å²) in [5.41, 5.74) is 8.75. The Hall–Kier alpha value is -6.63. The summed E-state index contributed by atoms with van der Waals surface area (Å²) in [6.45, 7) is 2.70. The number of methoxy groups -OCH3 is 1. The normalized spacial score (nSPS) is 13.2. The summed E-state index contributed by atoms with van der Waals surface area (Å²) in [5, 5.41) is 13.6. The van der Waals surface area contributed by atoms with Crippen molar-refractivity contribution in [2.24, 2.45) is 0 Å². The van der Waals surface area contributed by atoms with Gasteiger partial charge in [0.25, 0.3) is 0 Å². The van der Waals surface area contributed by atoms with E-state index in [1.54, 1.807) is 0 Å². The first-order valence-electron chi connectivity index (χ1n) is 17.9. The van der Waals surface area contributed by atoms with Gasteiger partial charge in [0.2, 0.25) is 0 Å². The minimum absolute atomic E-state index is 0.0941. The topological polar surface area (TPSA) is 191 Å². The highest BCUT2D eigenvalue weighted by Crippen LogP contribution is 2.45. The molecule has 4 aromatic carbocycles. The lowest BCUT2D eigenvalue weighted by atomic mass is 9.98. The molecule has 0 saturated heterocycles. The Morgan fingerprint density at radius 3 is 1.23 bits per heavy atom. The molecular weight excluding hydrogens is 720 g/mol. The van der Waals surface area contributed by atoms with Crippen LogP contribution >= 0.6 is 0 Å². The minimum atomic E-state index is -1.16. The molecule has 56 heavy (non-hydrogen) atoms. The summed E-state index contributed by atoms with van der Waals surface area (Å²) in [4.78, 5) is 81.5. The van der Waals surface area contributed by atoms with Crippen LogP contribution < -0.4 is 10.6 Å². The van der Waals surface area contributed by atoms with Crippen LogP contribution in [-0.2, 0) is 38.2 Å². The van der Waals surface area contributed by atoms with Crippen molar-refractivity contribution in [3.05, 3.63) is 119 Å². The Labute approximate surface area is 323 Å². The highest BCUT2D eigenvalue weighted by atomic mass is 16.6. The predicted molar refractivity (Wildman–Crippen MR) is 204 cm³/mol. The number of benzene rings is 4. The Balaban J connectivity index is 0.000000216. The highest BCUT2D eigenvalue weighted by molar-refractivity contribution is 5.99. The molecule has 0 spiro atoms. The smallest absolute Gasteiger partial charge is 0.407 e. The first-order valence-corrected chi connectivity index (χ1v) is 17.9. The Kier molecular flexibility index (Phi) is 13.5. The molecule has 2 aliphatic carbocycles. The first kappa shape index (κ1) is 40.6. The number of nitrogens with one attached hydrogen (secondary N) is 2. The molecule has 2 atom stereocenters. The standard InChI is InChI=1S/C23H23NO6.C20H19NO5/c1-14(25)21(11-15(26)12-22(27)29-2)24-23(28)30-13-20-18-9-5-3-7-16(18)17-8-4-6-10-19(17)20;1-12(22)18(10-19(23)24)21-20(25)26-11-17-15-8-4-2-6-13(15)14-7-3-5-9-16(14)17/h3-10,20-21H,11-13H2,1-2H3,(H,24,28);2-9,17-18H,10-11H2,1H3,(H,21,25)(H,23,24)/t21-;18-/m00/s1. The van der Waals surface area contributed by atoms with Crippen LogP contribution in [0.15, 0.2) is 97.1 Å². The van der Waals surface area contributed by atoms with E-state index >= 15 is 0 Å². The molecule has 0 fully saturated rings. The van der Waals surface area contributed by atoms with E-state index in [9.17, 15) is 33.6 Å². The third kappa shape index (κ3) is 9.91. The fourth-order valence-electron chi connectivity index (χ4n) is 6.87. The number of hydrogen-bond acceptors (Lipinski definition) is 10. The summed E-state index contributed by atoms with van der Waals surface area (Å²) in [7, 11) is 1.17. The second-order valence-corrected chi connectivity index (χ2v) is 13.4. The summed E-state index contributed by atoms with van der Waals surface area (Å²) in [6, 6.07) is 29.6. The van der Waals surface area contributed by atoms with Gasteiger partial charge in [-0.25, -0.2) is 9.59 Å². The SMILES string of the molecule is CC(=O)[C@H](CC(=O)O)NC(=O)OCC1c2ccccc2-c2ccccc21.COC(=O)CC(=O)C[C@H](NC(=O)OCC1c2ccccc2-c2ccccc21)C(C)=O. The van der Waals surface area contributed by atoms with Gasteiger partial charge in [-0.05, 0) is 58.4 Å². The number of ether oxygens (including phenoxy) is 3. The Bertz CT molecular complexity index is 2050. The Morgan fingerprint density at radius 1 is 0.571 bits per heavy atom. The molecule has 4 aromatic rings. The lowest BCUT2D eigenvalue weighted by Gasteiger charge is -2.18. The van der Waals surface area contributed by atoms with Crippen molar-refractivity contribution in [3.8, 4) is 22.3 Å². The van der Waals surface area contributed by atoms with E-state index < -0.39 is 66.4 Å². The number of Topliss-reactive ketones (excluding diaryl/α,β-unsaturated/α-hetero) is 3. The van der Waals surface area contributed by atoms with Crippen molar-refractivity contribution in [3.63, 3.8) is 0 Å². The van der Waals surface area contributed by atoms with Crippen molar-refractivity contribution in [1.82, 2.24) is 10.6 Å². The zero-order valence-electron chi connectivity index (χ0n) is 31.1. The number of alkyl carbamates (subject to hydrolysis) is 2. The molecule has 0 heterocycles. The van der Waals surface area contributed by atoms with Gasteiger partial charge in [-0.2, -0.15) is 0 Å². The maximum atomic E-state index is 12.3. The first-order chi connectivity index (χ1) is 26.9. The number of aliphatic carboxylic acids is 1. The molecule has 2 amide bonds. The third-order valence-corrected chi connectivity index (χ3v) is 9.63. The van der Waals surface area contributed by atoms with Crippen LogP contribution in [0, 0.1) is 0 Å². The summed E-state index contributed by atoms with van der Waals surface area (Å²) < 4.78 is 15.1. The van der Waals surface area contributed by atoms with E-state index in [1.807, 2.05) is 97.1 Å². The maximum absolute atomic E-state index is 12.3. The molecule has 13 heteroatoms. The number of fused-ring (bicyclic) bond motifs is 6. The average Bonchev–Trinajstić information content (AvgIpc) is 3.68. The third-order valence-electron chi connectivity index (χ3n) is 9.63. The number of carboxylic acid groups (broad SMARTS) is 1. The number of esters is 1. The monoisotopic (exact) mass is 762 g/mol. The molecule has 2 aliphatic rings. The summed E-state index contributed by atoms with van der Waals surface area (Å²) in [6.07, 6.45) is -2.81. The second-order valence-electron chi connectivity index (χ2n) is 13.4. The van der Waals surface area contributed by atoms with Gasteiger partial charge >= 0.3 is 24.1 Å². The van der Waals surface area contributed by atoms with Crippen molar-refractivity contribution in [1.29, 1.82) is 0 Å². The molecule has 6 rings (SSSR count). The molecule has 13 nitrogen and oxygen atoms in total. The van der Waals surface area contributed by atoms with E-state index in [-0.39, 0.29) is 31.5 Å². The van der Waals surface area contributed by atoms with E-state index in [4.69, 9.17) is 14.6 Å². The van der Waals surface area contributed by atoms with Gasteiger partial charge in [0.1, 0.15) is 31.5 Å². The van der Waals surface area contributed by atoms with Crippen LogP contribution in [0.3, 0.4) is 0 Å². The Morgan fingerprint density at radius 2 is 0.911 bits per heavy atom. The number of hydrogen-bond donors (Lipinski definition) is 3. The lowest BCUT2D eigenvalue weighted by molar-refractivity contribution is -0.144. The highest BCUT2D eigenvalue weighted by Gasteiger charge is 2.31. The van der Waals surface area contributed by atoms with Crippen molar-refractivity contribution >= 4 is 41.5 Å². The van der Waals surface area contributed by atoms with Crippen LogP contribution in [0.25, 0.3) is 22.3 Å². The molecule has 290 valence electrons. The molecule has 0 aliphatic heterocycles. The largest absolute Gasteiger partial charge is 0.481 e. The molecule has 0 unspecified atom stereocenters. The van der Waals surface area contributed by atoms with Gasteiger partial charge in [-0.15, -0.1) is 0 Å². The van der Waals surface area contributed by atoms with E-state index in [0.29, 0.717) is 0 Å². The molecular formula is C43H42N2O11. The van der Waals surface area contributed by atoms with Crippen LogP contribution in [0.2, 0.25) is 0 Å². The van der Waals surface area contributed by atoms with Crippen LogP contribution in [-0.4, -0.2) is 79.0 Å². The minimum Gasteiger partial charge on any atom is -0.481 e. The van der Waals surface area contributed by atoms with Crippen LogP contribution in [0.4, 0.5) is 9.59 Å². The molecule has 0 radical (unpaired) electrons. The lowest BCUT2D eigenvalue weighted by Crippen LogP contribution is -2.42. The average molecular weight is 763 g/mol. The van der Waals surface area contributed by atoms with Crippen molar-refractivity contribution in [2.75, 3.05) is 20.3 Å². The number of rotatable bonds is 14. The fraction of sp³-hybridized carbons (Fsp3) is 0.279. The van der Waals surface area contributed by atoms with Gasteiger partial charge in [0.15, 0.2) is 11.6 Å². The molecule has 0 saturated carbocycles. The van der Waals surface area contributed by atoms with E-state index in [2.05, 4.69) is 15.4 Å². The number of amides is 2. The molecule has 0 aromatic heterocycles. The van der Waals surface area contributed by atoms with Crippen molar-refractivity contribution < 1.29 is 52.9 Å². The van der Waals surface area contributed by atoms with Gasteiger partial charge in [-0.1, -0.05) is 97.1 Å². The van der Waals surface area contributed by atoms with Gasteiger partial charge in [0.05, 0.1) is 19.6 Å². The number of carbonyl (C=O) groups excluding carboxylic acids is 6. The van der Waals surface area contributed by atoms with Crippen molar-refractivity contribution in [2.45, 2.75) is 57.0 Å². The zero-order valence-corrected chi connectivity index (χ0v) is 31.1. The summed E-state index contributed by atoms with van der Waals surface area (Å²) in [5.74, 6) is -3.39. The van der Waals surface area contributed by atoms with Crippen LogP contribution in [0.1, 0.15) is 67.2 Å². The van der Waals surface area contributed by atoms with Gasteiger partial charge in [-0.3, -0.25) is 24.0 Å². The van der Waals surface area contributed by atoms with E-state index in [1.165, 1.54) is 21.0 Å². The quantitative estimate of drug-likeness (QED) is 0.0780. The molecule has 3 N–H and O–H groups in total. The fourth-order valence-corrected chi connectivity index (χ4v) is 6.87. The van der Waals surface area contributed by atoms with Gasteiger partial charge < -0.3 is 30.0 Å². The van der Waals surface area contributed by atoms with E-state index in [0.717, 1.165) is 44.5 Å².